The molecule has 1 heterocycles. The average molecular weight is 297 g/mol. The molecule has 0 spiro atoms. The number of hydrogen-bond acceptors (Lipinski definition) is 5. The second kappa shape index (κ2) is 5.59. The Labute approximate surface area is 117 Å². The van der Waals surface area contributed by atoms with Crippen LogP contribution < -0.4 is 11.1 Å². The molecule has 0 saturated carbocycles. The summed E-state index contributed by atoms with van der Waals surface area (Å²) in [6.45, 7) is 1.54. The number of aliphatic hydroxyl groups excluding tert-OH is 1. The number of aromatic nitrogens is 3. The van der Waals surface area contributed by atoms with Gasteiger partial charge in [0.15, 0.2) is 5.16 Å². The summed E-state index contributed by atoms with van der Waals surface area (Å²) in [5.41, 5.74) is -1.30. The van der Waals surface area contributed by atoms with E-state index in [0.717, 1.165) is 11.8 Å². The third kappa shape index (κ3) is 2.97. The molecule has 106 valence electrons. The van der Waals surface area contributed by atoms with Crippen LogP contribution in [0.3, 0.4) is 0 Å². The van der Waals surface area contributed by atoms with Gasteiger partial charge < -0.3 is 5.11 Å². The average Bonchev–Trinajstić information content (AvgIpc) is 2.37. The van der Waals surface area contributed by atoms with Crippen molar-refractivity contribution in [2.24, 2.45) is 7.05 Å². The van der Waals surface area contributed by atoms with Crippen molar-refractivity contribution in [3.05, 3.63) is 50.3 Å². The molecule has 0 unspecified atom stereocenters. The standard InChI is InChI=1S/C12H12FN3O3S/c1-6(17)7-3-4-9(8(13)5-7)20-12-14-10(18)11(19)15-16(12)2/h3-6,17H,1-2H3,(H,15,19)/t6-/m1/s1. The van der Waals surface area contributed by atoms with Crippen LogP contribution in [-0.2, 0) is 7.05 Å². The lowest BCUT2D eigenvalue weighted by atomic mass is 10.1. The molecule has 2 aromatic rings. The molecular formula is C12H12FN3O3S. The van der Waals surface area contributed by atoms with E-state index in [1.807, 2.05) is 0 Å². The zero-order valence-electron chi connectivity index (χ0n) is 10.8. The fourth-order valence-electron chi connectivity index (χ4n) is 1.51. The largest absolute Gasteiger partial charge is 0.389 e. The Morgan fingerprint density at radius 3 is 2.75 bits per heavy atom. The number of halogens is 1. The number of rotatable bonds is 3. The lowest BCUT2D eigenvalue weighted by molar-refractivity contribution is 0.198. The van der Waals surface area contributed by atoms with Crippen LogP contribution in [0.25, 0.3) is 0 Å². The quantitative estimate of drug-likeness (QED) is 0.819. The molecular weight excluding hydrogens is 285 g/mol. The summed E-state index contributed by atoms with van der Waals surface area (Å²) in [5, 5.41) is 11.8. The highest BCUT2D eigenvalue weighted by Crippen LogP contribution is 2.28. The van der Waals surface area contributed by atoms with Gasteiger partial charge in [-0.25, -0.2) is 4.39 Å². The predicted molar refractivity (Wildman–Crippen MR) is 71.3 cm³/mol. The molecule has 0 aliphatic rings. The van der Waals surface area contributed by atoms with Crippen LogP contribution in [0.5, 0.6) is 0 Å². The van der Waals surface area contributed by atoms with Crippen molar-refractivity contribution in [1.29, 1.82) is 0 Å². The Bertz CT molecular complexity index is 754. The minimum absolute atomic E-state index is 0.165. The molecule has 6 nitrogen and oxygen atoms in total. The highest BCUT2D eigenvalue weighted by atomic mass is 32.2. The molecule has 0 amide bonds. The smallest absolute Gasteiger partial charge is 0.339 e. The highest BCUT2D eigenvalue weighted by molar-refractivity contribution is 7.99. The normalized spacial score (nSPS) is 12.4. The molecule has 2 N–H and O–H groups in total. The first-order valence-electron chi connectivity index (χ1n) is 5.71. The van der Waals surface area contributed by atoms with E-state index in [9.17, 15) is 19.1 Å². The molecule has 1 aromatic carbocycles. The number of aliphatic hydroxyl groups is 1. The monoisotopic (exact) mass is 297 g/mol. The maximum absolute atomic E-state index is 13.9. The van der Waals surface area contributed by atoms with Gasteiger partial charge >= 0.3 is 11.1 Å². The summed E-state index contributed by atoms with van der Waals surface area (Å²) in [6.07, 6.45) is -0.765. The number of hydrogen-bond donors (Lipinski definition) is 2. The van der Waals surface area contributed by atoms with Crippen molar-refractivity contribution in [3.63, 3.8) is 0 Å². The van der Waals surface area contributed by atoms with E-state index in [1.165, 1.54) is 30.8 Å². The van der Waals surface area contributed by atoms with Crippen LogP contribution in [-0.4, -0.2) is 19.9 Å². The van der Waals surface area contributed by atoms with Crippen molar-refractivity contribution in [2.75, 3.05) is 0 Å². The minimum atomic E-state index is -0.924. The first-order valence-corrected chi connectivity index (χ1v) is 6.53. The molecule has 0 bridgehead atoms. The number of aromatic amines is 1. The van der Waals surface area contributed by atoms with Crippen molar-refractivity contribution in [2.45, 2.75) is 23.1 Å². The van der Waals surface area contributed by atoms with Gasteiger partial charge in [0.2, 0.25) is 0 Å². The lowest BCUT2D eigenvalue weighted by Gasteiger charge is -2.09. The third-order valence-electron chi connectivity index (χ3n) is 2.59. The molecule has 8 heteroatoms. The van der Waals surface area contributed by atoms with Crippen LogP contribution in [0.15, 0.2) is 37.8 Å². The molecule has 0 aliphatic carbocycles. The number of nitrogens with one attached hydrogen (secondary N) is 1. The molecule has 0 saturated heterocycles. The van der Waals surface area contributed by atoms with Crippen LogP contribution in [0, 0.1) is 5.82 Å². The van der Waals surface area contributed by atoms with Crippen molar-refractivity contribution >= 4 is 11.8 Å². The van der Waals surface area contributed by atoms with E-state index in [1.54, 1.807) is 6.07 Å². The Balaban J connectivity index is 2.38. The van der Waals surface area contributed by atoms with Gasteiger partial charge in [-0.15, -0.1) is 0 Å². The first kappa shape index (κ1) is 14.5. The van der Waals surface area contributed by atoms with Crippen molar-refractivity contribution in [1.82, 2.24) is 14.8 Å². The number of H-pyrrole nitrogens is 1. The highest BCUT2D eigenvalue weighted by Gasteiger charge is 2.11. The Hall–Kier alpha value is -1.93. The number of benzene rings is 1. The minimum Gasteiger partial charge on any atom is -0.389 e. The van der Waals surface area contributed by atoms with E-state index in [0.29, 0.717) is 5.56 Å². The second-order valence-corrected chi connectivity index (χ2v) is 5.18. The van der Waals surface area contributed by atoms with Gasteiger partial charge in [-0.1, -0.05) is 6.07 Å². The van der Waals surface area contributed by atoms with E-state index < -0.39 is 23.0 Å². The number of aryl methyl sites for hydroxylation is 1. The molecule has 0 radical (unpaired) electrons. The molecule has 0 aliphatic heterocycles. The van der Waals surface area contributed by atoms with Gasteiger partial charge in [0.1, 0.15) is 5.82 Å². The van der Waals surface area contributed by atoms with E-state index in [2.05, 4.69) is 10.1 Å². The Kier molecular flexibility index (Phi) is 4.05. The van der Waals surface area contributed by atoms with Gasteiger partial charge in [0.25, 0.3) is 0 Å². The Morgan fingerprint density at radius 1 is 1.45 bits per heavy atom. The van der Waals surface area contributed by atoms with Crippen molar-refractivity contribution in [3.8, 4) is 0 Å². The summed E-state index contributed by atoms with van der Waals surface area (Å²) < 4.78 is 15.1. The van der Waals surface area contributed by atoms with Gasteiger partial charge in [-0.3, -0.25) is 19.4 Å². The van der Waals surface area contributed by atoms with Gasteiger partial charge in [-0.2, -0.15) is 4.98 Å². The zero-order valence-corrected chi connectivity index (χ0v) is 11.6. The first-order chi connectivity index (χ1) is 9.38. The molecule has 1 aromatic heterocycles. The summed E-state index contributed by atoms with van der Waals surface area (Å²) in [7, 11) is 1.50. The summed E-state index contributed by atoms with van der Waals surface area (Å²) in [5.74, 6) is -0.533. The van der Waals surface area contributed by atoms with Crippen LogP contribution in [0.4, 0.5) is 4.39 Å². The van der Waals surface area contributed by atoms with Crippen molar-refractivity contribution < 1.29 is 9.50 Å². The van der Waals surface area contributed by atoms with Crippen LogP contribution in [0.2, 0.25) is 0 Å². The lowest BCUT2D eigenvalue weighted by Crippen LogP contribution is -2.33. The van der Waals surface area contributed by atoms with Crippen LogP contribution in [0.1, 0.15) is 18.6 Å². The van der Waals surface area contributed by atoms with Crippen LogP contribution >= 0.6 is 11.8 Å². The molecule has 20 heavy (non-hydrogen) atoms. The molecule has 0 fully saturated rings. The summed E-state index contributed by atoms with van der Waals surface area (Å²) in [6, 6.07) is 4.29. The zero-order chi connectivity index (χ0) is 14.9. The predicted octanol–water partition coefficient (Wildman–Crippen LogP) is 0.812. The van der Waals surface area contributed by atoms with Gasteiger partial charge in [0.05, 0.1) is 11.0 Å². The molecule has 1 atom stereocenters. The van der Waals surface area contributed by atoms with E-state index in [-0.39, 0.29) is 10.1 Å². The second-order valence-electron chi connectivity index (χ2n) is 4.17. The summed E-state index contributed by atoms with van der Waals surface area (Å²) in [4.78, 5) is 26.1. The number of nitrogens with zero attached hydrogens (tertiary/aromatic N) is 2. The fourth-order valence-corrected chi connectivity index (χ4v) is 2.31. The maximum Gasteiger partial charge on any atom is 0.339 e. The van der Waals surface area contributed by atoms with E-state index in [4.69, 9.17) is 0 Å². The Morgan fingerprint density at radius 2 is 2.15 bits per heavy atom. The topological polar surface area (TPSA) is 88.0 Å². The van der Waals surface area contributed by atoms with E-state index >= 15 is 0 Å². The summed E-state index contributed by atoms with van der Waals surface area (Å²) >= 11 is 0.909. The maximum atomic E-state index is 13.9. The molecule has 2 rings (SSSR count). The SMILES string of the molecule is C[C@@H](O)c1ccc(Sc2nc(=O)c(=O)[nH]n2C)c(F)c1. The fraction of sp³-hybridized carbons (Fsp3) is 0.250. The third-order valence-corrected chi connectivity index (χ3v) is 3.69. The van der Waals surface area contributed by atoms with Gasteiger partial charge in [0, 0.05) is 7.05 Å². The van der Waals surface area contributed by atoms with Gasteiger partial charge in [-0.05, 0) is 36.4 Å².